The molecule has 2 rings (SSSR count). The van der Waals surface area contributed by atoms with Crippen molar-refractivity contribution >= 4 is 5.69 Å². The third kappa shape index (κ3) is 2.68. The van der Waals surface area contributed by atoms with Gasteiger partial charge in [0.2, 0.25) is 0 Å². The molecular formula is C15H23NO2. The van der Waals surface area contributed by atoms with E-state index >= 15 is 0 Å². The Balaban J connectivity index is 2.31. The summed E-state index contributed by atoms with van der Waals surface area (Å²) >= 11 is 0. The summed E-state index contributed by atoms with van der Waals surface area (Å²) in [6.45, 7) is 9.08. The van der Waals surface area contributed by atoms with E-state index in [2.05, 4.69) is 43.9 Å². The number of aryl methyl sites for hydroxylation is 1. The zero-order valence-electron chi connectivity index (χ0n) is 11.5. The number of aliphatic hydroxyl groups is 1. The van der Waals surface area contributed by atoms with Crippen LogP contribution in [-0.2, 0) is 4.74 Å². The van der Waals surface area contributed by atoms with Crippen LogP contribution in [-0.4, -0.2) is 37.5 Å². The van der Waals surface area contributed by atoms with Gasteiger partial charge in [-0.3, -0.25) is 0 Å². The third-order valence-electron chi connectivity index (χ3n) is 3.55. The SMILES string of the molecule is Cc1cccc(C(C)C)c1N1CCOC(CO)C1. The summed E-state index contributed by atoms with van der Waals surface area (Å²) in [6.07, 6.45) is -0.0571. The van der Waals surface area contributed by atoms with E-state index in [1.165, 1.54) is 16.8 Å². The number of nitrogens with zero attached hydrogens (tertiary/aromatic N) is 1. The van der Waals surface area contributed by atoms with Crippen LogP contribution in [0.1, 0.15) is 30.9 Å². The Labute approximate surface area is 109 Å². The van der Waals surface area contributed by atoms with E-state index in [0.29, 0.717) is 12.5 Å². The molecule has 0 saturated carbocycles. The number of hydrogen-bond donors (Lipinski definition) is 1. The minimum atomic E-state index is -0.0571. The van der Waals surface area contributed by atoms with Gasteiger partial charge in [-0.05, 0) is 24.0 Å². The maximum Gasteiger partial charge on any atom is 0.0980 e. The Morgan fingerprint density at radius 3 is 2.89 bits per heavy atom. The van der Waals surface area contributed by atoms with E-state index in [4.69, 9.17) is 4.74 Å². The first kappa shape index (κ1) is 13.4. The van der Waals surface area contributed by atoms with Crippen molar-refractivity contribution in [2.45, 2.75) is 32.8 Å². The summed E-state index contributed by atoms with van der Waals surface area (Å²) in [6, 6.07) is 6.49. The molecule has 1 unspecified atom stereocenters. The molecular weight excluding hydrogens is 226 g/mol. The Hall–Kier alpha value is -1.06. The zero-order valence-corrected chi connectivity index (χ0v) is 11.5. The van der Waals surface area contributed by atoms with Crippen molar-refractivity contribution in [1.29, 1.82) is 0 Å². The van der Waals surface area contributed by atoms with Crippen molar-refractivity contribution in [3.05, 3.63) is 29.3 Å². The Bertz CT molecular complexity index is 403. The van der Waals surface area contributed by atoms with Gasteiger partial charge in [0.15, 0.2) is 0 Å². The van der Waals surface area contributed by atoms with Crippen molar-refractivity contribution in [3.63, 3.8) is 0 Å². The maximum absolute atomic E-state index is 9.25. The van der Waals surface area contributed by atoms with Gasteiger partial charge in [0, 0.05) is 18.8 Å². The number of aliphatic hydroxyl groups excluding tert-OH is 1. The topological polar surface area (TPSA) is 32.7 Å². The number of hydrogen-bond acceptors (Lipinski definition) is 3. The van der Waals surface area contributed by atoms with Gasteiger partial charge < -0.3 is 14.7 Å². The Morgan fingerprint density at radius 1 is 1.44 bits per heavy atom. The van der Waals surface area contributed by atoms with Gasteiger partial charge in [-0.15, -0.1) is 0 Å². The normalized spacial score (nSPS) is 20.5. The van der Waals surface area contributed by atoms with Crippen LogP contribution in [0, 0.1) is 6.92 Å². The highest BCUT2D eigenvalue weighted by atomic mass is 16.5. The average molecular weight is 249 g/mol. The van der Waals surface area contributed by atoms with Crippen LogP contribution >= 0.6 is 0 Å². The summed E-state index contributed by atoms with van der Waals surface area (Å²) in [5.74, 6) is 0.510. The molecule has 3 nitrogen and oxygen atoms in total. The number of para-hydroxylation sites is 1. The van der Waals surface area contributed by atoms with Crippen LogP contribution in [0.5, 0.6) is 0 Å². The quantitative estimate of drug-likeness (QED) is 0.892. The minimum Gasteiger partial charge on any atom is -0.394 e. The average Bonchev–Trinajstić information content (AvgIpc) is 2.38. The predicted molar refractivity (Wildman–Crippen MR) is 74.3 cm³/mol. The van der Waals surface area contributed by atoms with E-state index < -0.39 is 0 Å². The molecule has 0 amide bonds. The van der Waals surface area contributed by atoms with Crippen LogP contribution in [0.2, 0.25) is 0 Å². The summed E-state index contributed by atoms with van der Waals surface area (Å²) in [4.78, 5) is 2.36. The molecule has 18 heavy (non-hydrogen) atoms. The maximum atomic E-state index is 9.25. The van der Waals surface area contributed by atoms with E-state index in [1.807, 2.05) is 0 Å². The molecule has 1 saturated heterocycles. The first-order valence-corrected chi connectivity index (χ1v) is 6.70. The Kier molecular flexibility index (Phi) is 4.25. The molecule has 3 heteroatoms. The lowest BCUT2D eigenvalue weighted by molar-refractivity contribution is 0.00349. The van der Waals surface area contributed by atoms with Crippen LogP contribution in [0.4, 0.5) is 5.69 Å². The number of benzene rings is 1. The van der Waals surface area contributed by atoms with Gasteiger partial charge in [0.25, 0.3) is 0 Å². The number of anilines is 1. The molecule has 1 aromatic rings. The molecule has 0 radical (unpaired) electrons. The summed E-state index contributed by atoms with van der Waals surface area (Å²) in [5.41, 5.74) is 4.02. The second-order valence-corrected chi connectivity index (χ2v) is 5.29. The second-order valence-electron chi connectivity index (χ2n) is 5.29. The fraction of sp³-hybridized carbons (Fsp3) is 0.600. The molecule has 0 aromatic heterocycles. The van der Waals surface area contributed by atoms with Crippen molar-refractivity contribution in [3.8, 4) is 0 Å². The minimum absolute atomic E-state index is 0.0571. The van der Waals surface area contributed by atoms with Gasteiger partial charge in [-0.1, -0.05) is 32.0 Å². The monoisotopic (exact) mass is 249 g/mol. The molecule has 1 atom stereocenters. The largest absolute Gasteiger partial charge is 0.394 e. The highest BCUT2D eigenvalue weighted by Gasteiger charge is 2.23. The highest BCUT2D eigenvalue weighted by Crippen LogP contribution is 2.31. The fourth-order valence-corrected chi connectivity index (χ4v) is 2.61. The number of ether oxygens (including phenoxy) is 1. The van der Waals surface area contributed by atoms with Crippen LogP contribution in [0.15, 0.2) is 18.2 Å². The van der Waals surface area contributed by atoms with Crippen molar-refractivity contribution in [2.75, 3.05) is 31.2 Å². The summed E-state index contributed by atoms with van der Waals surface area (Å²) in [5, 5.41) is 9.25. The smallest absolute Gasteiger partial charge is 0.0980 e. The van der Waals surface area contributed by atoms with Crippen molar-refractivity contribution < 1.29 is 9.84 Å². The molecule has 0 spiro atoms. The van der Waals surface area contributed by atoms with Crippen molar-refractivity contribution in [1.82, 2.24) is 0 Å². The molecule has 100 valence electrons. The molecule has 0 bridgehead atoms. The van der Waals surface area contributed by atoms with E-state index in [9.17, 15) is 5.11 Å². The molecule has 0 aliphatic carbocycles. The summed E-state index contributed by atoms with van der Waals surface area (Å²) < 4.78 is 5.53. The van der Waals surface area contributed by atoms with Crippen LogP contribution in [0.25, 0.3) is 0 Å². The van der Waals surface area contributed by atoms with Crippen LogP contribution < -0.4 is 4.90 Å². The van der Waals surface area contributed by atoms with Gasteiger partial charge in [0.1, 0.15) is 0 Å². The molecule has 1 aliphatic rings. The lowest BCUT2D eigenvalue weighted by atomic mass is 9.97. The van der Waals surface area contributed by atoms with E-state index in [-0.39, 0.29) is 12.7 Å². The number of morpholine rings is 1. The first-order chi connectivity index (χ1) is 8.63. The zero-order chi connectivity index (χ0) is 13.1. The Morgan fingerprint density at radius 2 is 2.22 bits per heavy atom. The predicted octanol–water partition coefficient (Wildman–Crippen LogP) is 2.32. The standard InChI is InChI=1S/C15H23NO2/c1-11(2)14-6-4-5-12(3)15(14)16-7-8-18-13(9-16)10-17/h4-6,11,13,17H,7-10H2,1-3H3. The first-order valence-electron chi connectivity index (χ1n) is 6.70. The van der Waals surface area contributed by atoms with Gasteiger partial charge >= 0.3 is 0 Å². The lowest BCUT2D eigenvalue weighted by Gasteiger charge is -2.36. The van der Waals surface area contributed by atoms with Gasteiger partial charge in [-0.25, -0.2) is 0 Å². The highest BCUT2D eigenvalue weighted by molar-refractivity contribution is 5.60. The van der Waals surface area contributed by atoms with Crippen molar-refractivity contribution in [2.24, 2.45) is 0 Å². The molecule has 1 N–H and O–H groups in total. The second kappa shape index (κ2) is 5.72. The molecule has 1 fully saturated rings. The molecule has 1 aliphatic heterocycles. The van der Waals surface area contributed by atoms with E-state index in [0.717, 1.165) is 13.1 Å². The number of rotatable bonds is 3. The fourth-order valence-electron chi connectivity index (χ4n) is 2.61. The lowest BCUT2D eigenvalue weighted by Crippen LogP contribution is -2.44. The summed E-state index contributed by atoms with van der Waals surface area (Å²) in [7, 11) is 0. The molecule has 1 heterocycles. The van der Waals surface area contributed by atoms with Gasteiger partial charge in [0.05, 0.1) is 19.3 Å². The van der Waals surface area contributed by atoms with Gasteiger partial charge in [-0.2, -0.15) is 0 Å². The van der Waals surface area contributed by atoms with E-state index in [1.54, 1.807) is 0 Å². The third-order valence-corrected chi connectivity index (χ3v) is 3.55. The molecule has 1 aromatic carbocycles. The van der Waals surface area contributed by atoms with Crippen LogP contribution in [0.3, 0.4) is 0 Å².